The number of carbonyl (C=O) groups excluding carboxylic acids is 1. The van der Waals surface area contributed by atoms with Gasteiger partial charge in [-0.3, -0.25) is 14.7 Å². The van der Waals surface area contributed by atoms with Crippen LogP contribution in [0.4, 0.5) is 10.5 Å². The monoisotopic (exact) mass is 587 g/mol. The fraction of sp³-hybridized carbons (Fsp3) is 0.250. The maximum atomic E-state index is 13.5. The molecule has 2 N–H and O–H groups in total. The molecular formula is C28H26ClN9O4. The molecule has 3 aromatic heterocycles. The van der Waals surface area contributed by atoms with Gasteiger partial charge in [0.1, 0.15) is 35.4 Å². The van der Waals surface area contributed by atoms with Gasteiger partial charge in [0.2, 0.25) is 0 Å². The highest BCUT2D eigenvalue weighted by Crippen LogP contribution is 2.34. The summed E-state index contributed by atoms with van der Waals surface area (Å²) in [5, 5.41) is 14.5. The highest BCUT2D eigenvalue weighted by Gasteiger charge is 2.30. The Morgan fingerprint density at radius 2 is 1.98 bits per heavy atom. The van der Waals surface area contributed by atoms with Crippen molar-refractivity contribution in [3.05, 3.63) is 87.6 Å². The van der Waals surface area contributed by atoms with E-state index < -0.39 is 6.09 Å². The van der Waals surface area contributed by atoms with E-state index in [4.69, 9.17) is 31.0 Å². The lowest BCUT2D eigenvalue weighted by Gasteiger charge is -2.14. The molecule has 42 heavy (non-hydrogen) atoms. The van der Waals surface area contributed by atoms with Gasteiger partial charge in [-0.1, -0.05) is 35.4 Å². The zero-order chi connectivity index (χ0) is 29.2. The van der Waals surface area contributed by atoms with Gasteiger partial charge in [0.15, 0.2) is 0 Å². The number of ether oxygens (including phenoxy) is 2. The number of H-pyrrole nitrogens is 1. The lowest BCUT2D eigenvalue weighted by atomic mass is 10.1. The van der Waals surface area contributed by atoms with Crippen LogP contribution in [0.15, 0.2) is 59.7 Å². The first-order chi connectivity index (χ1) is 20.4. The average Bonchev–Trinajstić information content (AvgIpc) is 3.74. The van der Waals surface area contributed by atoms with Crippen molar-refractivity contribution in [2.45, 2.75) is 25.8 Å². The molecule has 14 heteroatoms. The summed E-state index contributed by atoms with van der Waals surface area (Å²) in [5.74, 6) is 1.23. The van der Waals surface area contributed by atoms with Crippen molar-refractivity contribution >= 4 is 23.4 Å². The smallest absolute Gasteiger partial charge is 0.411 e. The molecule has 1 aliphatic rings. The Bertz CT molecular complexity index is 1800. The van der Waals surface area contributed by atoms with Gasteiger partial charge in [0.05, 0.1) is 24.0 Å². The third-order valence-corrected chi connectivity index (χ3v) is 7.19. The molecule has 0 fully saturated rings. The van der Waals surface area contributed by atoms with Crippen LogP contribution in [-0.2, 0) is 15.9 Å². The van der Waals surface area contributed by atoms with Crippen molar-refractivity contribution < 1.29 is 14.3 Å². The van der Waals surface area contributed by atoms with Crippen molar-refractivity contribution in [1.29, 1.82) is 0 Å². The molecule has 5 aromatic rings. The number of amides is 1. The lowest BCUT2D eigenvalue weighted by Crippen LogP contribution is -2.25. The molecule has 2 aromatic carbocycles. The molecule has 1 atom stereocenters. The van der Waals surface area contributed by atoms with Gasteiger partial charge < -0.3 is 14.5 Å². The number of rotatable bonds is 8. The molecule has 6 rings (SSSR count). The number of fused-ring (bicyclic) bond motifs is 1. The molecule has 13 nitrogen and oxygen atoms in total. The summed E-state index contributed by atoms with van der Waals surface area (Å²) >= 11 is 6.57. The second kappa shape index (κ2) is 11.5. The van der Waals surface area contributed by atoms with E-state index in [1.54, 1.807) is 33.5 Å². The number of aromatic amines is 1. The number of hydrogen-bond acceptors (Lipinski definition) is 9. The summed E-state index contributed by atoms with van der Waals surface area (Å²) in [4.78, 5) is 38.2. The minimum Gasteiger partial charge on any atom is -0.447 e. The molecule has 0 saturated heterocycles. The number of nitrogens with zero attached hydrogens (tertiary/aromatic N) is 7. The van der Waals surface area contributed by atoms with E-state index in [1.165, 1.54) is 19.5 Å². The van der Waals surface area contributed by atoms with Gasteiger partial charge >= 0.3 is 6.09 Å². The summed E-state index contributed by atoms with van der Waals surface area (Å²) in [6.07, 6.45) is 2.16. The Hall–Kier alpha value is -4.88. The fourth-order valence-electron chi connectivity index (χ4n) is 4.97. The predicted molar refractivity (Wildman–Crippen MR) is 154 cm³/mol. The molecule has 1 amide bonds. The van der Waals surface area contributed by atoms with Crippen LogP contribution in [-0.4, -0.2) is 66.1 Å². The number of carbonyl (C=O) groups is 1. The number of aryl methyl sites for hydroxylation is 2. The van der Waals surface area contributed by atoms with Crippen molar-refractivity contribution in [2.24, 2.45) is 0 Å². The summed E-state index contributed by atoms with van der Waals surface area (Å²) in [7, 11) is 1.53. The van der Waals surface area contributed by atoms with Crippen molar-refractivity contribution in [2.75, 3.05) is 25.6 Å². The van der Waals surface area contributed by atoms with Crippen molar-refractivity contribution in [3.8, 4) is 28.2 Å². The van der Waals surface area contributed by atoms with Gasteiger partial charge in [0, 0.05) is 36.4 Å². The first-order valence-corrected chi connectivity index (χ1v) is 13.5. The Balaban J connectivity index is 1.25. The zero-order valence-corrected chi connectivity index (χ0v) is 23.5. The SMILES string of the molecule is COCCOC(=O)Nc1ccc(-c2nc([C@@H]3CCc4nc(-c5cc(C)ccc5-n5cnnn5)cc(=O)n43)[nH]c2Cl)cc1. The largest absolute Gasteiger partial charge is 0.447 e. The first-order valence-electron chi connectivity index (χ1n) is 13.2. The molecule has 214 valence electrons. The lowest BCUT2D eigenvalue weighted by molar-refractivity contribution is 0.107. The van der Waals surface area contributed by atoms with Crippen LogP contribution < -0.4 is 10.9 Å². The number of hydrogen-bond donors (Lipinski definition) is 2. The minimum atomic E-state index is -0.573. The zero-order valence-electron chi connectivity index (χ0n) is 22.7. The Morgan fingerprint density at radius 1 is 1.14 bits per heavy atom. The first kappa shape index (κ1) is 27.3. The maximum absolute atomic E-state index is 13.5. The number of imidazole rings is 1. The van der Waals surface area contributed by atoms with E-state index in [-0.39, 0.29) is 18.2 Å². The molecular weight excluding hydrogens is 562 g/mol. The number of aromatic nitrogens is 8. The highest BCUT2D eigenvalue weighted by molar-refractivity contribution is 6.31. The molecule has 4 heterocycles. The predicted octanol–water partition coefficient (Wildman–Crippen LogP) is 3.97. The second-order valence-corrected chi connectivity index (χ2v) is 10.1. The number of halogens is 1. The molecule has 0 saturated carbocycles. The quantitative estimate of drug-likeness (QED) is 0.257. The van der Waals surface area contributed by atoms with Gasteiger partial charge in [0.25, 0.3) is 5.56 Å². The van der Waals surface area contributed by atoms with Gasteiger partial charge in [-0.2, -0.15) is 4.68 Å². The van der Waals surface area contributed by atoms with E-state index in [2.05, 4.69) is 25.8 Å². The van der Waals surface area contributed by atoms with Gasteiger partial charge in [-0.05, 0) is 48.0 Å². The number of methoxy groups -OCH3 is 1. The summed E-state index contributed by atoms with van der Waals surface area (Å²) < 4.78 is 13.1. The van der Waals surface area contributed by atoms with E-state index in [9.17, 15) is 9.59 Å². The number of tetrazole rings is 1. The molecule has 0 aliphatic carbocycles. The Morgan fingerprint density at radius 3 is 2.74 bits per heavy atom. The van der Waals surface area contributed by atoms with Crippen molar-refractivity contribution in [1.82, 2.24) is 39.7 Å². The van der Waals surface area contributed by atoms with E-state index in [0.717, 1.165) is 22.4 Å². The van der Waals surface area contributed by atoms with Crippen LogP contribution in [0.5, 0.6) is 0 Å². The van der Waals surface area contributed by atoms with Crippen LogP contribution in [0.1, 0.15) is 29.7 Å². The van der Waals surface area contributed by atoms with Crippen LogP contribution in [0.2, 0.25) is 5.15 Å². The van der Waals surface area contributed by atoms with Crippen LogP contribution in [0.25, 0.3) is 28.2 Å². The minimum absolute atomic E-state index is 0.157. The van der Waals surface area contributed by atoms with Gasteiger partial charge in [-0.25, -0.2) is 14.8 Å². The molecule has 0 unspecified atom stereocenters. The maximum Gasteiger partial charge on any atom is 0.411 e. The normalized spacial score (nSPS) is 14.1. The average molecular weight is 588 g/mol. The third kappa shape index (κ3) is 5.39. The van der Waals surface area contributed by atoms with E-state index >= 15 is 0 Å². The highest BCUT2D eigenvalue weighted by atomic mass is 35.5. The second-order valence-electron chi connectivity index (χ2n) is 9.71. The Labute approximate surface area is 244 Å². The summed E-state index contributed by atoms with van der Waals surface area (Å²) in [6.45, 7) is 2.45. The summed E-state index contributed by atoms with van der Waals surface area (Å²) in [6, 6.07) is 14.1. The third-order valence-electron chi connectivity index (χ3n) is 6.92. The number of anilines is 1. The van der Waals surface area contributed by atoms with E-state index in [0.29, 0.717) is 53.3 Å². The Kier molecular flexibility index (Phi) is 7.50. The number of nitrogens with one attached hydrogen (secondary N) is 2. The van der Waals surface area contributed by atoms with Crippen LogP contribution in [0, 0.1) is 6.92 Å². The molecule has 0 spiro atoms. The topological polar surface area (TPSA) is 155 Å². The van der Waals surface area contributed by atoms with Crippen LogP contribution >= 0.6 is 11.6 Å². The standard InChI is InChI=1S/C28H26ClN9O4/c1-16-3-8-21(37-15-30-35-36-37)19(13-16)20-14-24(39)38-22(9-10-23(38)32-20)27-33-25(26(29)34-27)17-4-6-18(7-5-17)31-28(40)42-12-11-41-2/h3-8,13-15,22H,9-12H2,1-2H3,(H,31,40)(H,33,34)/t22-/m0/s1. The molecule has 1 aliphatic heterocycles. The van der Waals surface area contributed by atoms with Crippen molar-refractivity contribution in [3.63, 3.8) is 0 Å². The fourth-order valence-corrected chi connectivity index (χ4v) is 5.22. The molecule has 0 radical (unpaired) electrons. The van der Waals surface area contributed by atoms with Crippen LogP contribution in [0.3, 0.4) is 0 Å². The van der Waals surface area contributed by atoms with Gasteiger partial charge in [-0.15, -0.1) is 5.10 Å². The summed E-state index contributed by atoms with van der Waals surface area (Å²) in [5.41, 5.74) is 4.71. The number of benzene rings is 2. The van der Waals surface area contributed by atoms with E-state index in [1.807, 2.05) is 25.1 Å². The molecule has 0 bridgehead atoms.